The van der Waals surface area contributed by atoms with Crippen LogP contribution in [0.15, 0.2) is 30.3 Å². The fraction of sp³-hybridized carbons (Fsp3) is 0.560. The second kappa shape index (κ2) is 10.3. The molecular weight excluding hydrogens is 404 g/mol. The zero-order valence-corrected chi connectivity index (χ0v) is 20.0. The molecule has 1 heterocycles. The lowest BCUT2D eigenvalue weighted by molar-refractivity contribution is -0.140. The van der Waals surface area contributed by atoms with Gasteiger partial charge in [-0.2, -0.15) is 5.10 Å². The standard InChI is InChI=1S/C25H36N4O3/c1-18-10-6-7-13-20(18)29-22(16-21(27-29)25(2,3)4)26-23(30)17-28(14-9-15-32-5)24(31)19-11-8-12-19/h6-7,10,13,16,19H,8-9,11-12,14-15,17H2,1-5H3,(H,26,30). The predicted molar refractivity (Wildman–Crippen MR) is 126 cm³/mol. The van der Waals surface area contributed by atoms with Gasteiger partial charge in [0, 0.05) is 37.7 Å². The Hall–Kier alpha value is -2.67. The van der Waals surface area contributed by atoms with E-state index in [0.29, 0.717) is 25.4 Å². The summed E-state index contributed by atoms with van der Waals surface area (Å²) < 4.78 is 6.92. The number of methoxy groups -OCH3 is 1. The first-order valence-electron chi connectivity index (χ1n) is 11.4. The normalized spacial score (nSPS) is 14.2. The van der Waals surface area contributed by atoms with Crippen molar-refractivity contribution < 1.29 is 14.3 Å². The molecule has 0 spiro atoms. The van der Waals surface area contributed by atoms with Crippen molar-refractivity contribution in [3.63, 3.8) is 0 Å². The van der Waals surface area contributed by atoms with Gasteiger partial charge in [0.1, 0.15) is 5.82 Å². The molecule has 2 aromatic rings. The van der Waals surface area contributed by atoms with E-state index >= 15 is 0 Å². The van der Waals surface area contributed by atoms with Crippen LogP contribution in [0.3, 0.4) is 0 Å². The molecule has 7 heteroatoms. The first-order chi connectivity index (χ1) is 15.2. The summed E-state index contributed by atoms with van der Waals surface area (Å²) in [6.45, 7) is 9.41. The fourth-order valence-electron chi connectivity index (χ4n) is 3.76. The largest absolute Gasteiger partial charge is 0.385 e. The van der Waals surface area contributed by atoms with Gasteiger partial charge in [0.25, 0.3) is 0 Å². The molecule has 0 unspecified atom stereocenters. The van der Waals surface area contributed by atoms with Gasteiger partial charge in [-0.3, -0.25) is 9.59 Å². The van der Waals surface area contributed by atoms with E-state index in [1.165, 1.54) is 0 Å². The van der Waals surface area contributed by atoms with E-state index in [9.17, 15) is 9.59 Å². The van der Waals surface area contributed by atoms with Gasteiger partial charge < -0.3 is 15.0 Å². The molecule has 7 nitrogen and oxygen atoms in total. The van der Waals surface area contributed by atoms with Crippen molar-refractivity contribution in [1.82, 2.24) is 14.7 Å². The smallest absolute Gasteiger partial charge is 0.245 e. The minimum Gasteiger partial charge on any atom is -0.385 e. The van der Waals surface area contributed by atoms with Gasteiger partial charge in [0.15, 0.2) is 0 Å². The van der Waals surface area contributed by atoms with Crippen molar-refractivity contribution in [2.75, 3.05) is 32.1 Å². The number of para-hydroxylation sites is 1. The second-order valence-corrected chi connectivity index (χ2v) is 9.65. The highest BCUT2D eigenvalue weighted by Crippen LogP contribution is 2.29. The summed E-state index contributed by atoms with van der Waals surface area (Å²) in [4.78, 5) is 27.6. The lowest BCUT2D eigenvalue weighted by Gasteiger charge is -2.31. The number of amides is 2. The van der Waals surface area contributed by atoms with Crippen LogP contribution < -0.4 is 5.32 Å². The average molecular weight is 441 g/mol. The Morgan fingerprint density at radius 2 is 1.97 bits per heavy atom. The second-order valence-electron chi connectivity index (χ2n) is 9.65. The zero-order valence-electron chi connectivity index (χ0n) is 20.0. The van der Waals surface area contributed by atoms with Crippen molar-refractivity contribution in [2.45, 2.75) is 58.8 Å². The fourth-order valence-corrected chi connectivity index (χ4v) is 3.76. The van der Waals surface area contributed by atoms with Gasteiger partial charge >= 0.3 is 0 Å². The van der Waals surface area contributed by atoms with Crippen LogP contribution in [0.1, 0.15) is 57.7 Å². The van der Waals surface area contributed by atoms with Crippen LogP contribution >= 0.6 is 0 Å². The molecule has 3 rings (SSSR count). The molecule has 1 aromatic carbocycles. The van der Waals surface area contributed by atoms with E-state index in [1.54, 1.807) is 16.7 Å². The Balaban J connectivity index is 1.81. The van der Waals surface area contributed by atoms with Crippen LogP contribution in [0.5, 0.6) is 0 Å². The van der Waals surface area contributed by atoms with E-state index in [0.717, 1.165) is 36.2 Å². The lowest BCUT2D eigenvalue weighted by atomic mass is 9.84. The van der Waals surface area contributed by atoms with Crippen molar-refractivity contribution >= 4 is 17.6 Å². The number of aryl methyl sites for hydroxylation is 1. The van der Waals surface area contributed by atoms with Gasteiger partial charge in [0.05, 0.1) is 17.9 Å². The van der Waals surface area contributed by atoms with E-state index in [4.69, 9.17) is 9.84 Å². The van der Waals surface area contributed by atoms with Crippen molar-refractivity contribution in [3.8, 4) is 5.69 Å². The maximum atomic E-state index is 13.0. The zero-order chi connectivity index (χ0) is 23.3. The molecule has 0 atom stereocenters. The summed E-state index contributed by atoms with van der Waals surface area (Å²) in [7, 11) is 1.64. The Morgan fingerprint density at radius 3 is 2.56 bits per heavy atom. The van der Waals surface area contributed by atoms with Gasteiger partial charge in [-0.1, -0.05) is 45.4 Å². The SMILES string of the molecule is COCCCN(CC(=O)Nc1cc(C(C)(C)C)nn1-c1ccccc1C)C(=O)C1CCC1. The maximum absolute atomic E-state index is 13.0. The Kier molecular flexibility index (Phi) is 7.72. The van der Waals surface area contributed by atoms with Crippen LogP contribution in [0.4, 0.5) is 5.82 Å². The highest BCUT2D eigenvalue weighted by Gasteiger charge is 2.30. The van der Waals surface area contributed by atoms with Crippen LogP contribution in [-0.2, 0) is 19.7 Å². The Bertz CT molecular complexity index is 941. The van der Waals surface area contributed by atoms with Gasteiger partial charge in [-0.15, -0.1) is 0 Å². The van der Waals surface area contributed by atoms with Crippen molar-refractivity contribution in [1.29, 1.82) is 0 Å². The number of ether oxygens (including phenoxy) is 1. The maximum Gasteiger partial charge on any atom is 0.245 e. The molecular formula is C25H36N4O3. The number of rotatable bonds is 9. The minimum atomic E-state index is -0.217. The molecule has 0 saturated heterocycles. The quantitative estimate of drug-likeness (QED) is 0.596. The highest BCUT2D eigenvalue weighted by molar-refractivity contribution is 5.94. The van der Waals surface area contributed by atoms with E-state index in [-0.39, 0.29) is 29.7 Å². The van der Waals surface area contributed by atoms with Crippen molar-refractivity contribution in [2.24, 2.45) is 5.92 Å². The molecule has 174 valence electrons. The van der Waals surface area contributed by atoms with Crippen molar-refractivity contribution in [3.05, 3.63) is 41.6 Å². The summed E-state index contributed by atoms with van der Waals surface area (Å²) in [5.41, 5.74) is 2.70. The van der Waals surface area contributed by atoms with Gasteiger partial charge in [0.2, 0.25) is 11.8 Å². The summed E-state index contributed by atoms with van der Waals surface area (Å²) in [5.74, 6) is 0.521. The number of anilines is 1. The van der Waals surface area contributed by atoms with E-state index in [1.807, 2.05) is 37.3 Å². The molecule has 2 amide bonds. The summed E-state index contributed by atoms with van der Waals surface area (Å²) in [5, 5.41) is 7.81. The Morgan fingerprint density at radius 1 is 1.25 bits per heavy atom. The number of aromatic nitrogens is 2. The summed E-state index contributed by atoms with van der Waals surface area (Å²) >= 11 is 0. The summed E-state index contributed by atoms with van der Waals surface area (Å²) in [6, 6.07) is 9.87. The lowest BCUT2D eigenvalue weighted by Crippen LogP contribution is -2.44. The third kappa shape index (κ3) is 5.76. The number of nitrogens with zero attached hydrogens (tertiary/aromatic N) is 3. The van der Waals surface area contributed by atoms with Crippen LogP contribution in [0.25, 0.3) is 5.69 Å². The molecule has 1 aromatic heterocycles. The van der Waals surface area contributed by atoms with Crippen LogP contribution in [0.2, 0.25) is 0 Å². The number of benzene rings is 1. The molecule has 0 radical (unpaired) electrons. The number of hydrogen-bond donors (Lipinski definition) is 1. The molecule has 1 fully saturated rings. The molecule has 0 bridgehead atoms. The molecule has 1 aliphatic carbocycles. The number of hydrogen-bond acceptors (Lipinski definition) is 4. The minimum absolute atomic E-state index is 0.0306. The van der Waals surface area contributed by atoms with E-state index < -0.39 is 0 Å². The number of carbonyl (C=O) groups is 2. The summed E-state index contributed by atoms with van der Waals surface area (Å²) in [6.07, 6.45) is 3.61. The molecule has 1 N–H and O–H groups in total. The molecule has 1 saturated carbocycles. The molecule has 1 aliphatic rings. The average Bonchev–Trinajstić information content (AvgIpc) is 3.10. The number of nitrogens with one attached hydrogen (secondary N) is 1. The Labute approximate surface area is 191 Å². The van der Waals surface area contributed by atoms with E-state index in [2.05, 4.69) is 26.1 Å². The van der Waals surface area contributed by atoms with Gasteiger partial charge in [-0.25, -0.2) is 4.68 Å². The molecule has 0 aliphatic heterocycles. The van der Waals surface area contributed by atoms with Crippen LogP contribution in [-0.4, -0.2) is 53.3 Å². The topological polar surface area (TPSA) is 76.5 Å². The highest BCUT2D eigenvalue weighted by atomic mass is 16.5. The first-order valence-corrected chi connectivity index (χ1v) is 11.4. The third-order valence-corrected chi connectivity index (χ3v) is 5.97. The third-order valence-electron chi connectivity index (χ3n) is 5.97. The van der Waals surface area contributed by atoms with Gasteiger partial charge in [-0.05, 0) is 37.8 Å². The predicted octanol–water partition coefficient (Wildman–Crippen LogP) is 4.08. The monoisotopic (exact) mass is 440 g/mol. The number of carbonyl (C=O) groups excluding carboxylic acids is 2. The van der Waals surface area contributed by atoms with Crippen LogP contribution in [0, 0.1) is 12.8 Å². The molecule has 32 heavy (non-hydrogen) atoms. The first kappa shape index (κ1) is 24.0.